The monoisotopic (exact) mass is 347 g/mol. The molecule has 0 heterocycles. The van der Waals surface area contributed by atoms with Gasteiger partial charge in [-0.3, -0.25) is 14.4 Å². The summed E-state index contributed by atoms with van der Waals surface area (Å²) in [6.45, 7) is 2.67. The highest BCUT2D eigenvalue weighted by molar-refractivity contribution is 5.92. The molecule has 0 saturated carbocycles. The number of carbonyl (C=O) groups is 4. The van der Waals surface area contributed by atoms with Gasteiger partial charge in [-0.25, -0.2) is 4.79 Å². The fraction of sp³-hybridized carbons (Fsp3) is 0.714. The van der Waals surface area contributed by atoms with Crippen LogP contribution in [0.15, 0.2) is 0 Å². The van der Waals surface area contributed by atoms with Crippen molar-refractivity contribution in [1.82, 2.24) is 10.6 Å². The number of amides is 2. The largest absolute Gasteiger partial charge is 0.481 e. The predicted molar refractivity (Wildman–Crippen MR) is 82.9 cm³/mol. The van der Waals surface area contributed by atoms with Gasteiger partial charge in [-0.1, -0.05) is 20.3 Å². The van der Waals surface area contributed by atoms with E-state index < -0.39 is 48.5 Å². The van der Waals surface area contributed by atoms with E-state index >= 15 is 0 Å². The second-order valence-electron chi connectivity index (χ2n) is 5.49. The van der Waals surface area contributed by atoms with Crippen LogP contribution in [-0.4, -0.2) is 63.8 Å². The average molecular weight is 347 g/mol. The lowest BCUT2D eigenvalue weighted by atomic mass is 9.97. The Morgan fingerprint density at radius 3 is 2.08 bits per heavy atom. The number of carboxylic acid groups (broad SMARTS) is 2. The fourth-order valence-corrected chi connectivity index (χ4v) is 1.82. The first-order valence-electron chi connectivity index (χ1n) is 7.55. The third-order valence-corrected chi connectivity index (χ3v) is 3.60. The van der Waals surface area contributed by atoms with E-state index in [4.69, 9.17) is 21.1 Å². The van der Waals surface area contributed by atoms with E-state index in [0.29, 0.717) is 6.42 Å². The van der Waals surface area contributed by atoms with Gasteiger partial charge in [0.15, 0.2) is 0 Å². The zero-order valence-electron chi connectivity index (χ0n) is 13.7. The molecule has 0 fully saturated rings. The van der Waals surface area contributed by atoms with E-state index in [1.807, 2.05) is 0 Å². The molecule has 0 aromatic carbocycles. The number of hydrogen-bond acceptors (Lipinski definition) is 6. The predicted octanol–water partition coefficient (Wildman–Crippen LogP) is -1.73. The minimum atomic E-state index is -1.48. The highest BCUT2D eigenvalue weighted by Crippen LogP contribution is 2.09. The molecule has 4 atom stereocenters. The standard InChI is InChI=1S/C14H25N3O7/c1-3-7(2)11(13(22)16-9(6-18)14(23)24)17-12(21)8(15)4-5-10(19)20/h7-9,11,18H,3-6,15H2,1-2H3,(H,16,22)(H,17,21)(H,19,20)(H,23,24)/t7-,8-,9-,11-/m0/s1. The number of aliphatic hydroxyl groups excluding tert-OH is 1. The maximum absolute atomic E-state index is 12.2. The van der Waals surface area contributed by atoms with E-state index in [-0.39, 0.29) is 18.8 Å². The summed E-state index contributed by atoms with van der Waals surface area (Å²) in [7, 11) is 0. The number of hydrogen-bond donors (Lipinski definition) is 6. The maximum atomic E-state index is 12.2. The Balaban J connectivity index is 4.94. The van der Waals surface area contributed by atoms with Crippen LogP contribution in [-0.2, 0) is 19.2 Å². The van der Waals surface area contributed by atoms with Crippen molar-refractivity contribution in [2.45, 2.75) is 51.2 Å². The van der Waals surface area contributed by atoms with Crippen molar-refractivity contribution >= 4 is 23.8 Å². The molecule has 0 aromatic rings. The van der Waals surface area contributed by atoms with Crippen molar-refractivity contribution < 1.29 is 34.5 Å². The topological polar surface area (TPSA) is 179 Å². The molecule has 0 aromatic heterocycles. The highest BCUT2D eigenvalue weighted by atomic mass is 16.4. The molecule has 0 radical (unpaired) electrons. The molecule has 0 aliphatic carbocycles. The molecule has 0 aliphatic rings. The van der Waals surface area contributed by atoms with Gasteiger partial charge in [0.2, 0.25) is 11.8 Å². The summed E-state index contributed by atoms with van der Waals surface area (Å²) >= 11 is 0. The lowest BCUT2D eigenvalue weighted by Gasteiger charge is -2.26. The van der Waals surface area contributed by atoms with Gasteiger partial charge >= 0.3 is 11.9 Å². The van der Waals surface area contributed by atoms with Gasteiger partial charge in [0.25, 0.3) is 0 Å². The van der Waals surface area contributed by atoms with Gasteiger partial charge in [-0.05, 0) is 12.3 Å². The molecular formula is C14H25N3O7. The highest BCUT2D eigenvalue weighted by Gasteiger charge is 2.30. The first-order valence-corrected chi connectivity index (χ1v) is 7.55. The lowest BCUT2D eigenvalue weighted by Crippen LogP contribution is -2.57. The first kappa shape index (κ1) is 21.8. The zero-order valence-corrected chi connectivity index (χ0v) is 13.7. The van der Waals surface area contributed by atoms with Gasteiger partial charge < -0.3 is 31.7 Å². The SMILES string of the molecule is CC[C@H](C)[C@H](NC(=O)[C@@H](N)CCC(=O)O)C(=O)N[C@@H](CO)C(=O)O. The first-order chi connectivity index (χ1) is 11.1. The van der Waals surface area contributed by atoms with Gasteiger partial charge in [0.1, 0.15) is 12.1 Å². The Labute approximate surface area is 139 Å². The van der Waals surface area contributed by atoms with Crippen LogP contribution in [0.1, 0.15) is 33.1 Å². The summed E-state index contributed by atoms with van der Waals surface area (Å²) in [4.78, 5) is 45.6. The average Bonchev–Trinajstić information content (AvgIpc) is 2.53. The smallest absolute Gasteiger partial charge is 0.328 e. The van der Waals surface area contributed by atoms with Crippen LogP contribution in [0.25, 0.3) is 0 Å². The van der Waals surface area contributed by atoms with Crippen LogP contribution in [0, 0.1) is 5.92 Å². The minimum Gasteiger partial charge on any atom is -0.481 e. The van der Waals surface area contributed by atoms with Crippen molar-refractivity contribution in [2.24, 2.45) is 11.7 Å². The number of aliphatic carboxylic acids is 2. The molecule has 0 aliphatic heterocycles. The van der Waals surface area contributed by atoms with Crippen molar-refractivity contribution in [3.8, 4) is 0 Å². The number of nitrogens with two attached hydrogens (primary N) is 1. The molecule has 0 unspecified atom stereocenters. The summed E-state index contributed by atoms with van der Waals surface area (Å²) < 4.78 is 0. The third kappa shape index (κ3) is 7.38. The van der Waals surface area contributed by atoms with E-state index in [1.165, 1.54) is 0 Å². The molecule has 10 heteroatoms. The summed E-state index contributed by atoms with van der Waals surface area (Å²) in [5, 5.41) is 31.0. The summed E-state index contributed by atoms with van der Waals surface area (Å²) in [6, 6.07) is -3.64. The molecule has 138 valence electrons. The van der Waals surface area contributed by atoms with Gasteiger partial charge in [-0.2, -0.15) is 0 Å². The Hall–Kier alpha value is -2.20. The number of carboxylic acids is 2. The molecule has 0 spiro atoms. The second-order valence-corrected chi connectivity index (χ2v) is 5.49. The quantitative estimate of drug-likeness (QED) is 0.255. The molecular weight excluding hydrogens is 322 g/mol. The van der Waals surface area contributed by atoms with Crippen molar-refractivity contribution in [2.75, 3.05) is 6.61 Å². The van der Waals surface area contributed by atoms with E-state index in [0.717, 1.165) is 0 Å². The number of aliphatic hydroxyl groups is 1. The van der Waals surface area contributed by atoms with Crippen LogP contribution in [0.2, 0.25) is 0 Å². The second kappa shape index (κ2) is 10.6. The maximum Gasteiger partial charge on any atom is 0.328 e. The Morgan fingerprint density at radius 2 is 1.67 bits per heavy atom. The minimum absolute atomic E-state index is 0.0929. The van der Waals surface area contributed by atoms with E-state index in [1.54, 1.807) is 13.8 Å². The van der Waals surface area contributed by atoms with Crippen LogP contribution in [0.3, 0.4) is 0 Å². The molecule has 7 N–H and O–H groups in total. The Kier molecular flexibility index (Phi) is 9.58. The van der Waals surface area contributed by atoms with Crippen LogP contribution in [0.5, 0.6) is 0 Å². The molecule has 2 amide bonds. The Morgan fingerprint density at radius 1 is 1.08 bits per heavy atom. The zero-order chi connectivity index (χ0) is 18.9. The summed E-state index contributed by atoms with van der Waals surface area (Å²) in [5.74, 6) is -4.29. The lowest BCUT2D eigenvalue weighted by molar-refractivity contribution is -0.143. The number of carbonyl (C=O) groups excluding carboxylic acids is 2. The van der Waals surface area contributed by atoms with Gasteiger partial charge in [0.05, 0.1) is 12.6 Å². The van der Waals surface area contributed by atoms with Gasteiger partial charge in [0, 0.05) is 6.42 Å². The fourth-order valence-electron chi connectivity index (χ4n) is 1.82. The van der Waals surface area contributed by atoms with Crippen molar-refractivity contribution in [3.05, 3.63) is 0 Å². The molecule has 0 bridgehead atoms. The summed E-state index contributed by atoms with van der Waals surface area (Å²) in [5.41, 5.74) is 5.59. The molecule has 24 heavy (non-hydrogen) atoms. The Bertz CT molecular complexity index is 469. The van der Waals surface area contributed by atoms with E-state index in [2.05, 4.69) is 10.6 Å². The number of rotatable bonds is 11. The van der Waals surface area contributed by atoms with Crippen molar-refractivity contribution in [3.63, 3.8) is 0 Å². The number of nitrogens with one attached hydrogen (secondary N) is 2. The van der Waals surface area contributed by atoms with E-state index in [9.17, 15) is 19.2 Å². The molecule has 0 rings (SSSR count). The summed E-state index contributed by atoms with van der Waals surface area (Å²) in [6.07, 6.45) is 0.129. The van der Waals surface area contributed by atoms with Crippen molar-refractivity contribution in [1.29, 1.82) is 0 Å². The normalized spacial score (nSPS) is 15.7. The van der Waals surface area contributed by atoms with Gasteiger partial charge in [-0.15, -0.1) is 0 Å². The van der Waals surface area contributed by atoms with Crippen LogP contribution in [0.4, 0.5) is 0 Å². The third-order valence-electron chi connectivity index (χ3n) is 3.60. The van der Waals surface area contributed by atoms with Crippen LogP contribution < -0.4 is 16.4 Å². The van der Waals surface area contributed by atoms with Crippen LogP contribution >= 0.6 is 0 Å². The molecule has 0 saturated heterocycles. The molecule has 10 nitrogen and oxygen atoms in total.